The fourth-order valence-electron chi connectivity index (χ4n) is 0.901. The first-order chi connectivity index (χ1) is 6.24. The third kappa shape index (κ3) is 2.80. The van der Waals surface area contributed by atoms with Crippen LogP contribution in [0.3, 0.4) is 0 Å². The van der Waals surface area contributed by atoms with E-state index in [1.165, 1.54) is 6.92 Å². The van der Waals surface area contributed by atoms with Gasteiger partial charge in [0.2, 0.25) is 0 Å². The molecule has 0 aliphatic carbocycles. The average Bonchev–Trinajstić information content (AvgIpc) is 2.15. The highest BCUT2D eigenvalue weighted by Gasteiger charge is 1.98. The quantitative estimate of drug-likeness (QED) is 0.708. The molecule has 1 N–H and O–H groups in total. The van der Waals surface area contributed by atoms with Crippen molar-refractivity contribution in [1.29, 1.82) is 0 Å². The molecule has 0 radical (unpaired) electrons. The lowest BCUT2D eigenvalue weighted by Crippen LogP contribution is -1.95. The van der Waals surface area contributed by atoms with E-state index in [-0.39, 0.29) is 12.4 Å². The van der Waals surface area contributed by atoms with Crippen molar-refractivity contribution in [2.24, 2.45) is 0 Å². The molecule has 0 aromatic carbocycles. The van der Waals surface area contributed by atoms with Gasteiger partial charge in [0.1, 0.15) is 5.69 Å². The van der Waals surface area contributed by atoms with Crippen molar-refractivity contribution in [2.75, 3.05) is 6.61 Å². The van der Waals surface area contributed by atoms with E-state index in [1.807, 2.05) is 0 Å². The molecule has 0 aliphatic heterocycles. The van der Waals surface area contributed by atoms with Crippen LogP contribution in [-0.4, -0.2) is 22.5 Å². The summed E-state index contributed by atoms with van der Waals surface area (Å²) in [5.41, 5.74) is 1.33. The van der Waals surface area contributed by atoms with E-state index in [0.717, 1.165) is 5.56 Å². The van der Waals surface area contributed by atoms with Gasteiger partial charge in [-0.15, -0.1) is 0 Å². The minimum Gasteiger partial charge on any atom is -0.392 e. The molecule has 1 aromatic heterocycles. The van der Waals surface area contributed by atoms with Crippen LogP contribution in [0.4, 0.5) is 0 Å². The van der Waals surface area contributed by atoms with E-state index in [4.69, 9.17) is 5.11 Å². The van der Waals surface area contributed by atoms with Crippen molar-refractivity contribution >= 4 is 11.9 Å². The minimum absolute atomic E-state index is 0.00839. The number of hydrogen-bond donors (Lipinski definition) is 1. The van der Waals surface area contributed by atoms with Crippen LogP contribution in [0.5, 0.6) is 0 Å². The van der Waals surface area contributed by atoms with E-state index < -0.39 is 0 Å². The van der Waals surface area contributed by atoms with Crippen molar-refractivity contribution in [2.45, 2.75) is 6.92 Å². The Bertz CT molecular complexity index is 314. The molecule has 1 heterocycles. The molecule has 3 nitrogen and oxygen atoms in total. The second kappa shape index (κ2) is 4.52. The molecule has 13 heavy (non-hydrogen) atoms. The lowest BCUT2D eigenvalue weighted by atomic mass is 10.2. The Morgan fingerprint density at radius 1 is 1.62 bits per heavy atom. The number of hydrogen-bond acceptors (Lipinski definition) is 3. The van der Waals surface area contributed by atoms with Gasteiger partial charge in [-0.3, -0.25) is 9.78 Å². The Morgan fingerprint density at radius 2 is 2.38 bits per heavy atom. The van der Waals surface area contributed by atoms with Crippen LogP contribution in [-0.2, 0) is 0 Å². The summed E-state index contributed by atoms with van der Waals surface area (Å²) < 4.78 is 0. The summed E-state index contributed by atoms with van der Waals surface area (Å²) in [6.45, 7) is 1.49. The maximum atomic E-state index is 10.9. The molecule has 0 fully saturated rings. The molecule has 0 bridgehead atoms. The highest BCUT2D eigenvalue weighted by atomic mass is 16.2. The number of nitrogens with zero attached hydrogens (tertiary/aromatic N) is 1. The summed E-state index contributed by atoms with van der Waals surface area (Å²) >= 11 is 0. The smallest absolute Gasteiger partial charge is 0.178 e. The molecule has 0 saturated heterocycles. The van der Waals surface area contributed by atoms with Gasteiger partial charge in [-0.1, -0.05) is 18.2 Å². The number of pyridine rings is 1. The molecular formula is C10H11NO2. The van der Waals surface area contributed by atoms with Gasteiger partial charge in [0.05, 0.1) is 6.61 Å². The number of aliphatic hydroxyl groups excluding tert-OH is 1. The summed E-state index contributed by atoms with van der Waals surface area (Å²) in [6.07, 6.45) is 4.96. The zero-order chi connectivity index (χ0) is 9.68. The number of ketones is 1. The molecule has 0 atom stereocenters. The topological polar surface area (TPSA) is 50.2 Å². The molecule has 68 valence electrons. The third-order valence-electron chi connectivity index (χ3n) is 1.56. The summed E-state index contributed by atoms with van der Waals surface area (Å²) in [5, 5.41) is 8.51. The predicted octanol–water partition coefficient (Wildman–Crippen LogP) is 1.29. The van der Waals surface area contributed by atoms with Crippen molar-refractivity contribution < 1.29 is 9.90 Å². The molecule has 0 amide bonds. The number of aliphatic hydroxyl groups is 1. The molecule has 0 saturated carbocycles. The van der Waals surface area contributed by atoms with E-state index in [2.05, 4.69) is 4.98 Å². The monoisotopic (exact) mass is 177 g/mol. The Balaban J connectivity index is 2.81. The molecule has 0 spiro atoms. The number of carbonyl (C=O) groups is 1. The van der Waals surface area contributed by atoms with Crippen molar-refractivity contribution in [1.82, 2.24) is 4.98 Å². The van der Waals surface area contributed by atoms with Gasteiger partial charge in [0.15, 0.2) is 5.78 Å². The fourth-order valence-corrected chi connectivity index (χ4v) is 0.901. The summed E-state index contributed by atoms with van der Waals surface area (Å²) in [4.78, 5) is 14.8. The van der Waals surface area contributed by atoms with E-state index in [0.29, 0.717) is 5.69 Å². The zero-order valence-electron chi connectivity index (χ0n) is 7.40. The SMILES string of the molecule is CC(=O)c1ccc(C=CCO)cn1. The number of aromatic nitrogens is 1. The predicted molar refractivity (Wildman–Crippen MR) is 50.4 cm³/mol. The Hall–Kier alpha value is -1.48. The van der Waals surface area contributed by atoms with Gasteiger partial charge < -0.3 is 5.11 Å². The second-order valence-corrected chi connectivity index (χ2v) is 2.62. The first-order valence-electron chi connectivity index (χ1n) is 3.98. The van der Waals surface area contributed by atoms with Crippen molar-refractivity contribution in [3.63, 3.8) is 0 Å². The third-order valence-corrected chi connectivity index (χ3v) is 1.56. The summed E-state index contributed by atoms with van der Waals surface area (Å²) in [5.74, 6) is -0.0438. The number of carbonyl (C=O) groups excluding carboxylic acids is 1. The van der Waals surface area contributed by atoms with Gasteiger partial charge in [0.25, 0.3) is 0 Å². The van der Waals surface area contributed by atoms with Gasteiger partial charge in [-0.05, 0) is 11.6 Å². The lowest BCUT2D eigenvalue weighted by Gasteiger charge is -1.95. The Kier molecular flexibility index (Phi) is 3.34. The van der Waals surface area contributed by atoms with E-state index in [9.17, 15) is 4.79 Å². The first-order valence-corrected chi connectivity index (χ1v) is 3.98. The van der Waals surface area contributed by atoms with Crippen LogP contribution in [0.2, 0.25) is 0 Å². The van der Waals surface area contributed by atoms with Crippen molar-refractivity contribution in [3.05, 3.63) is 35.7 Å². The molecular weight excluding hydrogens is 166 g/mol. The summed E-state index contributed by atoms with van der Waals surface area (Å²) in [6, 6.07) is 3.45. The van der Waals surface area contributed by atoms with Gasteiger partial charge in [-0.25, -0.2) is 0 Å². The standard InChI is InChI=1S/C10H11NO2/c1-8(13)10-5-4-9(7-11-10)3-2-6-12/h2-5,7,12H,6H2,1H3. The van der Waals surface area contributed by atoms with Crippen LogP contribution in [0.15, 0.2) is 24.4 Å². The van der Waals surface area contributed by atoms with Crippen LogP contribution < -0.4 is 0 Å². The fraction of sp³-hybridized carbons (Fsp3) is 0.200. The summed E-state index contributed by atoms with van der Waals surface area (Å²) in [7, 11) is 0. The first kappa shape index (κ1) is 9.61. The van der Waals surface area contributed by atoms with Gasteiger partial charge in [-0.2, -0.15) is 0 Å². The zero-order valence-corrected chi connectivity index (χ0v) is 7.40. The number of Topliss-reactive ketones (excluding diaryl/α,β-unsaturated/α-hetero) is 1. The number of rotatable bonds is 3. The molecule has 3 heteroatoms. The van der Waals surface area contributed by atoms with Crippen LogP contribution in [0.25, 0.3) is 6.08 Å². The molecule has 1 rings (SSSR count). The Labute approximate surface area is 76.7 Å². The van der Waals surface area contributed by atoms with Crippen LogP contribution >= 0.6 is 0 Å². The largest absolute Gasteiger partial charge is 0.392 e. The molecule has 0 unspecified atom stereocenters. The molecule has 0 aliphatic rings. The van der Waals surface area contributed by atoms with E-state index in [1.54, 1.807) is 30.5 Å². The highest BCUT2D eigenvalue weighted by Crippen LogP contribution is 2.02. The second-order valence-electron chi connectivity index (χ2n) is 2.62. The Morgan fingerprint density at radius 3 is 2.85 bits per heavy atom. The van der Waals surface area contributed by atoms with Crippen molar-refractivity contribution in [3.8, 4) is 0 Å². The van der Waals surface area contributed by atoms with Crippen LogP contribution in [0.1, 0.15) is 23.0 Å². The van der Waals surface area contributed by atoms with E-state index >= 15 is 0 Å². The van der Waals surface area contributed by atoms with Gasteiger partial charge in [0, 0.05) is 13.1 Å². The average molecular weight is 177 g/mol. The van der Waals surface area contributed by atoms with Gasteiger partial charge >= 0.3 is 0 Å². The molecule has 1 aromatic rings. The highest BCUT2D eigenvalue weighted by molar-refractivity contribution is 5.92. The maximum absolute atomic E-state index is 10.9. The normalized spacial score (nSPS) is 10.6. The van der Waals surface area contributed by atoms with Crippen LogP contribution in [0, 0.1) is 0 Å². The maximum Gasteiger partial charge on any atom is 0.178 e. The lowest BCUT2D eigenvalue weighted by molar-refractivity contribution is 0.101. The minimum atomic E-state index is -0.0438.